The molecule has 3 aromatic rings. The molecule has 2 amide bonds. The molecule has 296 valence electrons. The van der Waals surface area contributed by atoms with Gasteiger partial charge in [-0.25, -0.2) is 4.79 Å². The van der Waals surface area contributed by atoms with Crippen LogP contribution in [0.1, 0.15) is 114 Å². The maximum atomic E-state index is 14.2. The van der Waals surface area contributed by atoms with Gasteiger partial charge in [-0.2, -0.15) is 0 Å². The molecule has 2 aliphatic heterocycles. The molecular weight excluding hydrogens is 693 g/mol. The van der Waals surface area contributed by atoms with Crippen LogP contribution in [0.5, 0.6) is 11.5 Å². The summed E-state index contributed by atoms with van der Waals surface area (Å²) >= 11 is 0. The summed E-state index contributed by atoms with van der Waals surface area (Å²) in [6, 6.07) is 18.7. The minimum atomic E-state index is -1.13. The molecule has 55 heavy (non-hydrogen) atoms. The topological polar surface area (TPSA) is 99.7 Å². The number of ketones is 1. The van der Waals surface area contributed by atoms with E-state index in [9.17, 15) is 19.2 Å². The molecule has 3 atom stereocenters. The van der Waals surface area contributed by atoms with E-state index in [-0.39, 0.29) is 23.5 Å². The summed E-state index contributed by atoms with van der Waals surface area (Å²) in [7, 11) is 1.66. The standard InChI is InChI=1S/C45H60N4O6/c1-10-39(50)38(26-29(6)7)46(9)44(52)37-20-17-25-49(37)43(51)30(8)54-45(53)34-19-16-15-18-33(34)42-35-23-21-31(47(11-2)12-3)27-40(35)55-41-28-32(22-24-36(41)42)48(13-4)14-5/h15-16,18-19,21-24,27-30,37-38,42H,10-14,17,20,25-26H2,1-9H3/t30-,37-,38+/m0/s1. The lowest BCUT2D eigenvalue weighted by Crippen LogP contribution is -2.53. The minimum absolute atomic E-state index is 0.00447. The number of benzene rings is 3. The Balaban J connectivity index is 1.45. The third-order valence-electron chi connectivity index (χ3n) is 11.3. The highest BCUT2D eigenvalue weighted by molar-refractivity contribution is 5.96. The molecule has 0 saturated carbocycles. The Morgan fingerprint density at radius 3 is 1.89 bits per heavy atom. The van der Waals surface area contributed by atoms with Crippen molar-refractivity contribution in [2.24, 2.45) is 5.92 Å². The normalized spacial score (nSPS) is 16.1. The molecule has 1 saturated heterocycles. The van der Waals surface area contributed by atoms with Gasteiger partial charge >= 0.3 is 5.97 Å². The van der Waals surface area contributed by atoms with Gasteiger partial charge in [-0.05, 0) is 83.6 Å². The van der Waals surface area contributed by atoms with Crippen LogP contribution in [0.15, 0.2) is 60.7 Å². The summed E-state index contributed by atoms with van der Waals surface area (Å²) in [4.78, 5) is 62.4. The molecule has 10 nitrogen and oxygen atoms in total. The van der Waals surface area contributed by atoms with E-state index in [1.807, 2.05) is 26.0 Å². The number of hydrogen-bond acceptors (Lipinski definition) is 8. The fourth-order valence-corrected chi connectivity index (χ4v) is 8.20. The van der Waals surface area contributed by atoms with Crippen LogP contribution in [-0.4, -0.2) is 91.3 Å². The van der Waals surface area contributed by atoms with Crippen LogP contribution in [0.2, 0.25) is 0 Å². The van der Waals surface area contributed by atoms with Crippen molar-refractivity contribution in [1.82, 2.24) is 9.80 Å². The highest BCUT2D eigenvalue weighted by atomic mass is 16.5. The van der Waals surface area contributed by atoms with E-state index in [2.05, 4.69) is 73.9 Å². The van der Waals surface area contributed by atoms with Crippen molar-refractivity contribution < 1.29 is 28.7 Å². The van der Waals surface area contributed by atoms with Crippen molar-refractivity contribution in [2.45, 2.75) is 105 Å². The molecule has 0 radical (unpaired) electrons. The molecule has 1 fully saturated rings. The monoisotopic (exact) mass is 752 g/mol. The molecule has 2 heterocycles. The zero-order valence-corrected chi connectivity index (χ0v) is 34.3. The van der Waals surface area contributed by atoms with Gasteiger partial charge in [0, 0.05) is 86.7 Å². The number of rotatable bonds is 16. The predicted molar refractivity (Wildman–Crippen MR) is 218 cm³/mol. The van der Waals surface area contributed by atoms with Gasteiger partial charge in [0.1, 0.15) is 17.5 Å². The number of carbonyl (C=O) groups is 4. The van der Waals surface area contributed by atoms with Crippen LogP contribution >= 0.6 is 0 Å². The average Bonchev–Trinajstić information content (AvgIpc) is 3.68. The van der Waals surface area contributed by atoms with Gasteiger partial charge in [-0.15, -0.1) is 0 Å². The van der Waals surface area contributed by atoms with Crippen molar-refractivity contribution in [2.75, 3.05) is 49.6 Å². The van der Waals surface area contributed by atoms with E-state index in [0.717, 1.165) is 65.7 Å². The smallest absolute Gasteiger partial charge is 0.339 e. The zero-order valence-electron chi connectivity index (χ0n) is 34.3. The number of Topliss-reactive ketones (excluding diaryl/α,β-unsaturated/α-hetero) is 1. The predicted octanol–water partition coefficient (Wildman–Crippen LogP) is 8.05. The van der Waals surface area contributed by atoms with Crippen molar-refractivity contribution in [1.29, 1.82) is 0 Å². The lowest BCUT2D eigenvalue weighted by molar-refractivity contribution is -0.150. The van der Waals surface area contributed by atoms with Gasteiger partial charge in [0.25, 0.3) is 5.91 Å². The van der Waals surface area contributed by atoms with E-state index in [1.165, 1.54) is 9.80 Å². The van der Waals surface area contributed by atoms with Gasteiger partial charge in [0.15, 0.2) is 11.9 Å². The second-order valence-electron chi connectivity index (χ2n) is 15.1. The number of likely N-dealkylation sites (N-methyl/N-ethyl adjacent to an activating group) is 1. The largest absolute Gasteiger partial charge is 0.457 e. The molecular formula is C45H60N4O6. The van der Waals surface area contributed by atoms with Crippen molar-refractivity contribution in [3.8, 4) is 11.5 Å². The van der Waals surface area contributed by atoms with Crippen molar-refractivity contribution in [3.63, 3.8) is 0 Å². The first-order chi connectivity index (χ1) is 26.4. The summed E-state index contributed by atoms with van der Waals surface area (Å²) in [5, 5.41) is 0. The molecule has 10 heteroatoms. The number of carbonyl (C=O) groups excluding carboxylic acids is 4. The van der Waals surface area contributed by atoms with E-state index >= 15 is 0 Å². The van der Waals surface area contributed by atoms with Gasteiger partial charge in [0.2, 0.25) is 5.91 Å². The summed E-state index contributed by atoms with van der Waals surface area (Å²) in [5.74, 6) is 0.0510. The SMILES string of the molecule is CCC(=O)[C@@H](CC(C)C)N(C)C(=O)[C@@H]1CCCN1C(=O)[C@H](C)OC(=O)c1ccccc1C1c2ccc(N(CC)CC)cc2Oc2cc(N(CC)CC)ccc21. The Labute approximate surface area is 327 Å². The Kier molecular flexibility index (Phi) is 13.7. The van der Waals surface area contributed by atoms with Crippen molar-refractivity contribution >= 4 is 34.9 Å². The second kappa shape index (κ2) is 18.2. The molecule has 0 spiro atoms. The summed E-state index contributed by atoms with van der Waals surface area (Å²) in [6.07, 6.45) is 0.882. The lowest BCUT2D eigenvalue weighted by atomic mass is 9.80. The summed E-state index contributed by atoms with van der Waals surface area (Å²) in [5.41, 5.74) is 5.09. The maximum Gasteiger partial charge on any atom is 0.339 e. The Morgan fingerprint density at radius 1 is 0.800 bits per heavy atom. The Bertz CT molecular complexity index is 1790. The van der Waals surface area contributed by atoms with Gasteiger partial charge in [-0.3, -0.25) is 14.4 Å². The number of hydrogen-bond donors (Lipinski definition) is 0. The average molecular weight is 753 g/mol. The molecule has 3 aromatic carbocycles. The van der Waals surface area contributed by atoms with Crippen LogP contribution in [0.4, 0.5) is 11.4 Å². The third-order valence-corrected chi connectivity index (χ3v) is 11.3. The number of amides is 2. The van der Waals surface area contributed by atoms with Gasteiger partial charge < -0.3 is 29.1 Å². The first kappa shape index (κ1) is 41.3. The van der Waals surface area contributed by atoms with Crippen molar-refractivity contribution in [3.05, 3.63) is 82.9 Å². The molecule has 0 N–H and O–H groups in total. The summed E-state index contributed by atoms with van der Waals surface area (Å²) < 4.78 is 12.6. The first-order valence-electron chi connectivity index (χ1n) is 20.2. The Hall–Kier alpha value is -4.86. The van der Waals surface area contributed by atoms with E-state index in [1.54, 1.807) is 33.0 Å². The fourth-order valence-electron chi connectivity index (χ4n) is 8.20. The second-order valence-corrected chi connectivity index (χ2v) is 15.1. The van der Waals surface area contributed by atoms with E-state index in [0.29, 0.717) is 37.8 Å². The Morgan fingerprint density at radius 2 is 1.36 bits per heavy atom. The molecule has 0 aliphatic carbocycles. The van der Waals surface area contributed by atoms with Crippen LogP contribution in [0, 0.1) is 5.92 Å². The highest BCUT2D eigenvalue weighted by Gasteiger charge is 2.41. The number of ether oxygens (including phenoxy) is 2. The molecule has 0 unspecified atom stereocenters. The fraction of sp³-hybridized carbons (Fsp3) is 0.511. The zero-order chi connectivity index (χ0) is 40.0. The number of nitrogens with zero attached hydrogens (tertiary/aromatic N) is 4. The van der Waals surface area contributed by atoms with Crippen LogP contribution in [-0.2, 0) is 19.1 Å². The molecule has 2 aliphatic rings. The van der Waals surface area contributed by atoms with Gasteiger partial charge in [-0.1, -0.05) is 51.1 Å². The third kappa shape index (κ3) is 8.68. The molecule has 5 rings (SSSR count). The molecule has 0 bridgehead atoms. The number of likely N-dealkylation sites (tertiary alicyclic amines) is 1. The van der Waals surface area contributed by atoms with E-state index < -0.39 is 30.1 Å². The van der Waals surface area contributed by atoms with Crippen LogP contribution < -0.4 is 14.5 Å². The highest BCUT2D eigenvalue weighted by Crippen LogP contribution is 2.50. The van der Waals surface area contributed by atoms with Gasteiger partial charge in [0.05, 0.1) is 11.6 Å². The van der Waals surface area contributed by atoms with Crippen LogP contribution in [0.3, 0.4) is 0 Å². The van der Waals surface area contributed by atoms with Crippen LogP contribution in [0.25, 0.3) is 0 Å². The number of anilines is 2. The minimum Gasteiger partial charge on any atom is -0.457 e. The summed E-state index contributed by atoms with van der Waals surface area (Å²) in [6.45, 7) is 19.7. The maximum absolute atomic E-state index is 14.2. The number of esters is 1. The molecule has 0 aromatic heterocycles. The number of fused-ring (bicyclic) bond motifs is 2. The lowest BCUT2D eigenvalue weighted by Gasteiger charge is -2.34. The first-order valence-corrected chi connectivity index (χ1v) is 20.2. The van der Waals surface area contributed by atoms with E-state index in [4.69, 9.17) is 9.47 Å². The quantitative estimate of drug-likeness (QED) is 0.106.